The van der Waals surface area contributed by atoms with E-state index in [0.29, 0.717) is 5.57 Å². The minimum atomic E-state index is -0.503. The lowest BCUT2D eigenvalue weighted by molar-refractivity contribution is 0.104. The van der Waals surface area contributed by atoms with Crippen LogP contribution in [0, 0.1) is 0 Å². The SMILES string of the molecule is C=C/C(=C\C=C(/C)F)Cn1c(OC2CCC2)nc2c1c(=O)n(CCCO)c(=O)n2C. The lowest BCUT2D eigenvalue weighted by Gasteiger charge is -2.25. The molecule has 1 saturated carbocycles. The highest BCUT2D eigenvalue weighted by Crippen LogP contribution is 2.27. The summed E-state index contributed by atoms with van der Waals surface area (Å²) >= 11 is 0. The van der Waals surface area contributed by atoms with Gasteiger partial charge in [0.25, 0.3) is 11.6 Å². The Morgan fingerprint density at radius 3 is 2.63 bits per heavy atom. The lowest BCUT2D eigenvalue weighted by atomic mass is 9.96. The molecule has 1 N–H and O–H groups in total. The van der Waals surface area contributed by atoms with Gasteiger partial charge in [0, 0.05) is 20.2 Å². The van der Waals surface area contributed by atoms with Crippen molar-refractivity contribution in [3.8, 4) is 6.01 Å². The van der Waals surface area contributed by atoms with E-state index in [1.54, 1.807) is 23.8 Å². The molecule has 2 heterocycles. The van der Waals surface area contributed by atoms with E-state index in [2.05, 4.69) is 11.6 Å². The van der Waals surface area contributed by atoms with E-state index in [0.717, 1.165) is 23.8 Å². The van der Waals surface area contributed by atoms with Crippen molar-refractivity contribution in [3.05, 3.63) is 57.0 Å². The van der Waals surface area contributed by atoms with Gasteiger partial charge in [-0.3, -0.25) is 18.5 Å². The van der Waals surface area contributed by atoms with Crippen molar-refractivity contribution < 1.29 is 14.2 Å². The van der Waals surface area contributed by atoms with Gasteiger partial charge in [0.2, 0.25) is 0 Å². The molecular formula is C21H27FN4O4. The van der Waals surface area contributed by atoms with Crippen LogP contribution < -0.4 is 16.0 Å². The minimum absolute atomic E-state index is 0.0124. The van der Waals surface area contributed by atoms with Crippen molar-refractivity contribution in [2.75, 3.05) is 6.61 Å². The smallest absolute Gasteiger partial charge is 0.332 e. The summed E-state index contributed by atoms with van der Waals surface area (Å²) in [7, 11) is 1.55. The number of imidazole rings is 1. The number of hydrogen-bond acceptors (Lipinski definition) is 5. The number of nitrogens with zero attached hydrogens (tertiary/aromatic N) is 4. The average molecular weight is 418 g/mol. The predicted octanol–water partition coefficient (Wildman–Crippen LogP) is 2.20. The maximum Gasteiger partial charge on any atom is 0.332 e. The van der Waals surface area contributed by atoms with Gasteiger partial charge in [0.1, 0.15) is 6.10 Å². The third kappa shape index (κ3) is 4.30. The molecule has 1 fully saturated rings. The van der Waals surface area contributed by atoms with Crippen molar-refractivity contribution in [2.45, 2.75) is 51.8 Å². The number of aliphatic hydroxyl groups is 1. The Labute approximate surface area is 173 Å². The molecule has 0 unspecified atom stereocenters. The summed E-state index contributed by atoms with van der Waals surface area (Å²) in [6, 6.07) is 0.246. The summed E-state index contributed by atoms with van der Waals surface area (Å²) in [6.45, 7) is 5.24. The molecule has 0 aliphatic heterocycles. The number of rotatable bonds is 9. The number of fused-ring (bicyclic) bond motifs is 1. The van der Waals surface area contributed by atoms with Gasteiger partial charge in [-0.1, -0.05) is 18.7 Å². The first kappa shape index (κ1) is 21.8. The zero-order valence-corrected chi connectivity index (χ0v) is 17.3. The van der Waals surface area contributed by atoms with Crippen LogP contribution in [-0.2, 0) is 20.1 Å². The molecular weight excluding hydrogens is 391 g/mol. The Morgan fingerprint density at radius 1 is 1.33 bits per heavy atom. The largest absolute Gasteiger partial charge is 0.461 e. The van der Waals surface area contributed by atoms with E-state index in [1.165, 1.54) is 17.6 Å². The summed E-state index contributed by atoms with van der Waals surface area (Å²) in [5.41, 5.74) is 0.0904. The quantitative estimate of drug-likeness (QED) is 0.631. The molecule has 1 aliphatic rings. The van der Waals surface area contributed by atoms with Gasteiger partial charge in [-0.25, -0.2) is 9.18 Å². The van der Waals surface area contributed by atoms with Crippen molar-refractivity contribution in [1.82, 2.24) is 18.7 Å². The Bertz CT molecular complexity index is 1110. The third-order valence-electron chi connectivity index (χ3n) is 5.19. The summed E-state index contributed by atoms with van der Waals surface area (Å²) in [4.78, 5) is 30.3. The van der Waals surface area contributed by atoms with E-state index < -0.39 is 11.2 Å². The molecule has 0 amide bonds. The molecule has 9 heteroatoms. The van der Waals surface area contributed by atoms with E-state index >= 15 is 0 Å². The first-order valence-corrected chi connectivity index (χ1v) is 10.00. The molecule has 162 valence electrons. The van der Waals surface area contributed by atoms with Crippen LogP contribution in [0.1, 0.15) is 32.6 Å². The highest BCUT2D eigenvalue weighted by atomic mass is 19.1. The first-order valence-electron chi connectivity index (χ1n) is 10.00. The Morgan fingerprint density at radius 2 is 2.07 bits per heavy atom. The van der Waals surface area contributed by atoms with Gasteiger partial charge < -0.3 is 9.84 Å². The third-order valence-corrected chi connectivity index (χ3v) is 5.19. The standard InChI is InChI=1S/C21H27FN4O4/c1-4-15(10-9-14(2)22)13-26-17-18(23-20(26)30-16-7-5-8-16)24(3)21(29)25(19(17)28)11-6-12-27/h4,9-10,16,27H,1,5-8,11-13H2,2-3H3/b14-9+,15-10+. The van der Waals surface area contributed by atoms with Crippen molar-refractivity contribution in [2.24, 2.45) is 7.05 Å². The van der Waals surface area contributed by atoms with Crippen LogP contribution in [0.4, 0.5) is 4.39 Å². The molecule has 0 aromatic carbocycles. The van der Waals surface area contributed by atoms with Crippen LogP contribution in [0.3, 0.4) is 0 Å². The average Bonchev–Trinajstić information content (AvgIpc) is 3.04. The number of aryl methyl sites for hydroxylation is 1. The Hall–Kier alpha value is -2.94. The van der Waals surface area contributed by atoms with E-state index in [1.807, 2.05) is 0 Å². The topological polar surface area (TPSA) is 91.3 Å². The molecule has 0 atom stereocenters. The summed E-state index contributed by atoms with van der Waals surface area (Å²) < 4.78 is 23.2. The van der Waals surface area contributed by atoms with Crippen molar-refractivity contribution in [1.29, 1.82) is 0 Å². The first-order chi connectivity index (χ1) is 14.4. The van der Waals surface area contributed by atoms with Crippen molar-refractivity contribution >= 4 is 11.2 Å². The van der Waals surface area contributed by atoms with Gasteiger partial charge in [-0.2, -0.15) is 4.98 Å². The fourth-order valence-electron chi connectivity index (χ4n) is 3.24. The summed E-state index contributed by atoms with van der Waals surface area (Å²) in [6.07, 6.45) is 7.62. The van der Waals surface area contributed by atoms with Crippen LogP contribution in [0.15, 0.2) is 45.8 Å². The van der Waals surface area contributed by atoms with Gasteiger partial charge in [0.05, 0.1) is 12.4 Å². The number of allylic oxidation sites excluding steroid dienone is 5. The molecule has 8 nitrogen and oxygen atoms in total. The maximum atomic E-state index is 13.2. The van der Waals surface area contributed by atoms with Crippen LogP contribution in [0.25, 0.3) is 11.2 Å². The van der Waals surface area contributed by atoms with Gasteiger partial charge in [-0.05, 0) is 44.3 Å². The molecule has 0 radical (unpaired) electrons. The highest BCUT2D eigenvalue weighted by molar-refractivity contribution is 5.72. The van der Waals surface area contributed by atoms with Gasteiger partial charge in [-0.15, -0.1) is 0 Å². The van der Waals surface area contributed by atoms with Gasteiger partial charge >= 0.3 is 5.69 Å². The van der Waals surface area contributed by atoms with Crippen LogP contribution >= 0.6 is 0 Å². The lowest BCUT2D eigenvalue weighted by Crippen LogP contribution is -2.40. The molecule has 3 rings (SSSR count). The number of hydrogen-bond donors (Lipinski definition) is 1. The van der Waals surface area contributed by atoms with Crippen molar-refractivity contribution in [3.63, 3.8) is 0 Å². The number of aliphatic hydroxyl groups excluding tert-OH is 1. The zero-order valence-electron chi connectivity index (χ0n) is 17.3. The molecule has 30 heavy (non-hydrogen) atoms. The molecule has 0 saturated heterocycles. The van der Waals surface area contributed by atoms with E-state index in [-0.39, 0.29) is 55.2 Å². The second kappa shape index (κ2) is 9.25. The number of aromatic nitrogens is 4. The monoisotopic (exact) mass is 418 g/mol. The van der Waals surface area contributed by atoms with E-state index in [9.17, 15) is 14.0 Å². The second-order valence-electron chi connectivity index (χ2n) is 7.40. The van der Waals surface area contributed by atoms with Crippen LogP contribution in [0.2, 0.25) is 0 Å². The Balaban J connectivity index is 2.21. The molecule has 0 spiro atoms. The van der Waals surface area contributed by atoms with Crippen LogP contribution in [0.5, 0.6) is 6.01 Å². The van der Waals surface area contributed by atoms with Gasteiger partial charge in [0.15, 0.2) is 11.2 Å². The normalized spacial score (nSPS) is 15.5. The summed E-state index contributed by atoms with van der Waals surface area (Å²) in [5.74, 6) is -0.357. The fraction of sp³-hybridized carbons (Fsp3) is 0.476. The van der Waals surface area contributed by atoms with Crippen LogP contribution in [-0.4, -0.2) is 36.5 Å². The van der Waals surface area contributed by atoms with E-state index in [4.69, 9.17) is 9.84 Å². The fourth-order valence-corrected chi connectivity index (χ4v) is 3.24. The molecule has 2 aromatic heterocycles. The molecule has 0 bridgehead atoms. The molecule has 2 aromatic rings. The zero-order chi connectivity index (χ0) is 21.8. The second-order valence-corrected chi connectivity index (χ2v) is 7.40. The summed E-state index contributed by atoms with van der Waals surface area (Å²) in [5, 5.41) is 9.12. The number of halogens is 1. The highest BCUT2D eigenvalue weighted by Gasteiger charge is 2.26. The minimum Gasteiger partial charge on any atom is -0.461 e. The Kier molecular flexibility index (Phi) is 6.71. The number of ether oxygens (including phenoxy) is 1. The maximum absolute atomic E-state index is 13.2. The molecule has 1 aliphatic carbocycles. The predicted molar refractivity (Wildman–Crippen MR) is 112 cm³/mol.